The van der Waals surface area contributed by atoms with Crippen LogP contribution >= 0.6 is 0 Å². The Morgan fingerprint density at radius 3 is 2.55 bits per heavy atom. The number of aliphatic hydroxyl groups excluding tert-OH is 2. The molecule has 0 amide bonds. The lowest BCUT2D eigenvalue weighted by molar-refractivity contribution is -0.0280. The highest BCUT2D eigenvalue weighted by Crippen LogP contribution is 2.34. The van der Waals surface area contributed by atoms with Gasteiger partial charge in [-0.05, 0) is 24.1 Å². The van der Waals surface area contributed by atoms with Crippen molar-refractivity contribution in [3.05, 3.63) is 42.2 Å². The molecular weight excluding hydrogens is 250 g/mol. The average molecular weight is 271 g/mol. The molecule has 2 aromatic rings. The molecule has 0 bridgehead atoms. The van der Waals surface area contributed by atoms with E-state index in [1.165, 1.54) is 6.42 Å². The second kappa shape index (κ2) is 5.90. The van der Waals surface area contributed by atoms with Gasteiger partial charge in [0.15, 0.2) is 0 Å². The summed E-state index contributed by atoms with van der Waals surface area (Å²) in [6.45, 7) is 0. The van der Waals surface area contributed by atoms with Crippen LogP contribution in [0.25, 0.3) is 10.8 Å². The summed E-state index contributed by atoms with van der Waals surface area (Å²) < 4.78 is 0. The second-order valence-corrected chi connectivity index (χ2v) is 5.78. The van der Waals surface area contributed by atoms with Gasteiger partial charge in [0.05, 0.1) is 6.10 Å². The van der Waals surface area contributed by atoms with E-state index < -0.39 is 12.2 Å². The Morgan fingerprint density at radius 2 is 1.75 bits per heavy atom. The van der Waals surface area contributed by atoms with Gasteiger partial charge in [-0.3, -0.25) is 4.98 Å². The largest absolute Gasteiger partial charge is 0.390 e. The first-order chi connectivity index (χ1) is 9.77. The molecule has 0 spiro atoms. The quantitative estimate of drug-likeness (QED) is 0.901. The number of aliphatic hydroxyl groups is 2. The summed E-state index contributed by atoms with van der Waals surface area (Å²) in [7, 11) is 0. The van der Waals surface area contributed by atoms with Crippen LogP contribution in [0.4, 0.5) is 0 Å². The van der Waals surface area contributed by atoms with E-state index in [4.69, 9.17) is 0 Å². The van der Waals surface area contributed by atoms with Crippen LogP contribution in [0.15, 0.2) is 36.7 Å². The SMILES string of the molecule is OC(c1cncc2ccccc12)C(O)C1CCCCC1. The molecule has 0 radical (unpaired) electrons. The first kappa shape index (κ1) is 13.5. The van der Waals surface area contributed by atoms with Crippen LogP contribution in [0.3, 0.4) is 0 Å². The van der Waals surface area contributed by atoms with E-state index in [9.17, 15) is 10.2 Å². The standard InChI is InChI=1S/C17H21NO2/c19-16(12-6-2-1-3-7-12)17(20)15-11-18-10-13-8-4-5-9-14(13)15/h4-5,8-12,16-17,19-20H,1-3,6-7H2. The van der Waals surface area contributed by atoms with Crippen molar-refractivity contribution in [1.82, 2.24) is 4.98 Å². The zero-order valence-electron chi connectivity index (χ0n) is 11.6. The molecule has 2 N–H and O–H groups in total. The molecule has 1 aliphatic rings. The molecule has 1 fully saturated rings. The Kier molecular flexibility index (Phi) is 3.99. The van der Waals surface area contributed by atoms with Crippen molar-refractivity contribution in [1.29, 1.82) is 0 Å². The fourth-order valence-electron chi connectivity index (χ4n) is 3.29. The number of hydrogen-bond donors (Lipinski definition) is 2. The summed E-state index contributed by atoms with van der Waals surface area (Å²) >= 11 is 0. The molecule has 0 aliphatic heterocycles. The number of pyridine rings is 1. The van der Waals surface area contributed by atoms with Crippen molar-refractivity contribution in [2.24, 2.45) is 5.92 Å². The average Bonchev–Trinajstić information content (AvgIpc) is 2.54. The van der Waals surface area contributed by atoms with E-state index in [1.54, 1.807) is 12.4 Å². The normalized spacial score (nSPS) is 19.9. The van der Waals surface area contributed by atoms with Gasteiger partial charge >= 0.3 is 0 Å². The molecule has 1 aliphatic carbocycles. The molecule has 1 saturated carbocycles. The molecule has 1 aromatic carbocycles. The van der Waals surface area contributed by atoms with Crippen molar-refractivity contribution in [2.45, 2.75) is 44.3 Å². The third-order valence-corrected chi connectivity index (χ3v) is 4.47. The fourth-order valence-corrected chi connectivity index (χ4v) is 3.29. The van der Waals surface area contributed by atoms with E-state index in [0.717, 1.165) is 42.0 Å². The lowest BCUT2D eigenvalue weighted by atomic mass is 9.81. The monoisotopic (exact) mass is 271 g/mol. The molecule has 3 nitrogen and oxygen atoms in total. The Morgan fingerprint density at radius 1 is 1.00 bits per heavy atom. The van der Waals surface area contributed by atoms with Gasteiger partial charge in [0.25, 0.3) is 0 Å². The van der Waals surface area contributed by atoms with Gasteiger partial charge in [-0.2, -0.15) is 0 Å². The van der Waals surface area contributed by atoms with Crippen LogP contribution in [-0.2, 0) is 0 Å². The Labute approximate surface area is 119 Å². The highest BCUT2D eigenvalue weighted by Gasteiger charge is 2.29. The van der Waals surface area contributed by atoms with Crippen LogP contribution in [0, 0.1) is 5.92 Å². The van der Waals surface area contributed by atoms with Crippen molar-refractivity contribution in [3.8, 4) is 0 Å². The minimum Gasteiger partial charge on any atom is -0.390 e. The highest BCUT2D eigenvalue weighted by atomic mass is 16.3. The Hall–Kier alpha value is -1.45. The maximum Gasteiger partial charge on any atom is 0.107 e. The maximum atomic E-state index is 10.5. The molecule has 2 unspecified atom stereocenters. The van der Waals surface area contributed by atoms with Gasteiger partial charge in [0, 0.05) is 23.3 Å². The molecular formula is C17H21NO2. The van der Waals surface area contributed by atoms with Crippen LogP contribution < -0.4 is 0 Å². The third-order valence-electron chi connectivity index (χ3n) is 4.47. The predicted molar refractivity (Wildman–Crippen MR) is 79.3 cm³/mol. The Bertz CT molecular complexity index is 573. The van der Waals surface area contributed by atoms with Crippen molar-refractivity contribution in [3.63, 3.8) is 0 Å². The number of hydrogen-bond acceptors (Lipinski definition) is 3. The van der Waals surface area contributed by atoms with Crippen LogP contribution in [-0.4, -0.2) is 21.3 Å². The van der Waals surface area contributed by atoms with Gasteiger partial charge in [-0.15, -0.1) is 0 Å². The number of nitrogens with zero attached hydrogens (tertiary/aromatic N) is 1. The van der Waals surface area contributed by atoms with Crippen molar-refractivity contribution >= 4 is 10.8 Å². The van der Waals surface area contributed by atoms with Crippen LogP contribution in [0.2, 0.25) is 0 Å². The van der Waals surface area contributed by atoms with Gasteiger partial charge in [-0.1, -0.05) is 43.5 Å². The van der Waals surface area contributed by atoms with E-state index in [2.05, 4.69) is 4.98 Å². The maximum absolute atomic E-state index is 10.5. The number of rotatable bonds is 3. The summed E-state index contributed by atoms with van der Waals surface area (Å²) in [6, 6.07) is 7.86. The highest BCUT2D eigenvalue weighted by molar-refractivity contribution is 5.84. The van der Waals surface area contributed by atoms with E-state index in [0.29, 0.717) is 0 Å². The smallest absolute Gasteiger partial charge is 0.107 e. The minimum absolute atomic E-state index is 0.206. The minimum atomic E-state index is -0.850. The predicted octanol–water partition coefficient (Wildman–Crippen LogP) is 3.21. The zero-order chi connectivity index (χ0) is 13.9. The van der Waals surface area contributed by atoms with Gasteiger partial charge in [0.1, 0.15) is 6.10 Å². The molecule has 3 rings (SSSR count). The van der Waals surface area contributed by atoms with Gasteiger partial charge < -0.3 is 10.2 Å². The first-order valence-electron chi connectivity index (χ1n) is 7.46. The third kappa shape index (κ3) is 2.56. The van der Waals surface area contributed by atoms with Crippen LogP contribution in [0.1, 0.15) is 43.8 Å². The van der Waals surface area contributed by atoms with E-state index >= 15 is 0 Å². The topological polar surface area (TPSA) is 53.4 Å². The lowest BCUT2D eigenvalue weighted by Gasteiger charge is -2.30. The number of benzene rings is 1. The van der Waals surface area contributed by atoms with E-state index in [-0.39, 0.29) is 5.92 Å². The first-order valence-corrected chi connectivity index (χ1v) is 7.46. The molecule has 3 heteroatoms. The fraction of sp³-hybridized carbons (Fsp3) is 0.471. The lowest BCUT2D eigenvalue weighted by Crippen LogP contribution is -2.29. The summed E-state index contributed by atoms with van der Waals surface area (Å²) in [5.41, 5.74) is 0.737. The van der Waals surface area contributed by atoms with Gasteiger partial charge in [-0.25, -0.2) is 0 Å². The molecule has 0 saturated heterocycles. The van der Waals surface area contributed by atoms with Crippen LogP contribution in [0.5, 0.6) is 0 Å². The molecule has 2 atom stereocenters. The second-order valence-electron chi connectivity index (χ2n) is 5.78. The summed E-state index contributed by atoms with van der Waals surface area (Å²) in [6.07, 6.45) is 7.50. The summed E-state index contributed by atoms with van der Waals surface area (Å²) in [4.78, 5) is 4.19. The molecule has 1 heterocycles. The van der Waals surface area contributed by atoms with Crippen molar-refractivity contribution in [2.75, 3.05) is 0 Å². The number of fused-ring (bicyclic) bond motifs is 1. The zero-order valence-corrected chi connectivity index (χ0v) is 11.6. The molecule has 20 heavy (non-hydrogen) atoms. The summed E-state index contributed by atoms with van der Waals surface area (Å²) in [5, 5.41) is 23.0. The Balaban J connectivity index is 1.89. The van der Waals surface area contributed by atoms with Gasteiger partial charge in [0.2, 0.25) is 0 Å². The number of aromatic nitrogens is 1. The molecule has 1 aromatic heterocycles. The van der Waals surface area contributed by atoms with E-state index in [1.807, 2.05) is 24.3 Å². The van der Waals surface area contributed by atoms with Crippen molar-refractivity contribution < 1.29 is 10.2 Å². The molecule has 106 valence electrons. The summed E-state index contributed by atoms with van der Waals surface area (Å²) in [5.74, 6) is 0.206.